The van der Waals surface area contributed by atoms with Crippen molar-refractivity contribution in [3.8, 4) is 11.8 Å². The molecule has 0 N–H and O–H groups in total. The third-order valence-electron chi connectivity index (χ3n) is 5.41. The summed E-state index contributed by atoms with van der Waals surface area (Å²) in [4.78, 5) is 14.3. The Balaban J connectivity index is 1.54. The maximum atomic E-state index is 12.6. The fraction of sp³-hybridized carbons (Fsp3) is 0.200. The van der Waals surface area contributed by atoms with Crippen LogP contribution in [0.5, 0.6) is 5.75 Å². The summed E-state index contributed by atoms with van der Waals surface area (Å²) in [5.41, 5.74) is 2.00. The highest BCUT2D eigenvalue weighted by Crippen LogP contribution is 2.40. The van der Waals surface area contributed by atoms with Crippen molar-refractivity contribution in [3.05, 3.63) is 102 Å². The second-order valence-corrected chi connectivity index (χ2v) is 7.24. The van der Waals surface area contributed by atoms with E-state index < -0.39 is 5.54 Å². The van der Waals surface area contributed by atoms with E-state index in [9.17, 15) is 10.1 Å². The molecule has 0 spiro atoms. The molecule has 3 aromatic rings. The first-order valence-corrected chi connectivity index (χ1v) is 9.74. The van der Waals surface area contributed by atoms with Gasteiger partial charge in [-0.15, -0.1) is 0 Å². The van der Waals surface area contributed by atoms with Crippen molar-refractivity contribution in [2.45, 2.75) is 31.5 Å². The summed E-state index contributed by atoms with van der Waals surface area (Å²) >= 11 is 0. The van der Waals surface area contributed by atoms with Crippen LogP contribution in [-0.4, -0.2) is 10.8 Å². The summed E-state index contributed by atoms with van der Waals surface area (Å²) in [6, 6.07) is 29.8. The molecule has 0 saturated carbocycles. The average Bonchev–Trinajstić information content (AvgIpc) is 3.10. The normalized spacial score (nSPS) is 18.4. The van der Waals surface area contributed by atoms with Gasteiger partial charge in [-0.2, -0.15) is 5.26 Å². The van der Waals surface area contributed by atoms with Crippen LogP contribution in [0.25, 0.3) is 0 Å². The van der Waals surface area contributed by atoms with Gasteiger partial charge in [0.25, 0.3) is 0 Å². The SMILES string of the molecule is N#C[C@@]1(c2ccc(OCc3ccccc3)cc2)CCC(=O)N1Cc1ccccc1. The fourth-order valence-corrected chi connectivity index (χ4v) is 3.81. The van der Waals surface area contributed by atoms with E-state index in [-0.39, 0.29) is 5.91 Å². The highest BCUT2D eigenvalue weighted by Gasteiger charge is 2.47. The molecular formula is C25H22N2O2. The maximum absolute atomic E-state index is 12.6. The second kappa shape index (κ2) is 8.20. The predicted molar refractivity (Wildman–Crippen MR) is 111 cm³/mol. The van der Waals surface area contributed by atoms with Gasteiger partial charge in [0.1, 0.15) is 12.4 Å². The van der Waals surface area contributed by atoms with Gasteiger partial charge in [0.05, 0.1) is 6.07 Å². The Morgan fingerprint density at radius 2 is 1.52 bits per heavy atom. The summed E-state index contributed by atoms with van der Waals surface area (Å²) in [5.74, 6) is 0.754. The van der Waals surface area contributed by atoms with Crippen molar-refractivity contribution in [1.82, 2.24) is 4.90 Å². The number of hydrogen-bond acceptors (Lipinski definition) is 3. The molecule has 1 fully saturated rings. The molecule has 0 aromatic heterocycles. The van der Waals surface area contributed by atoms with Crippen LogP contribution < -0.4 is 4.74 Å². The summed E-state index contributed by atoms with van der Waals surface area (Å²) in [6.07, 6.45) is 0.881. The molecule has 4 nitrogen and oxygen atoms in total. The van der Waals surface area contributed by atoms with E-state index in [4.69, 9.17) is 4.74 Å². The number of benzene rings is 3. The second-order valence-electron chi connectivity index (χ2n) is 7.24. The summed E-state index contributed by atoms with van der Waals surface area (Å²) in [7, 11) is 0. The Kier molecular flexibility index (Phi) is 5.31. The first kappa shape index (κ1) is 18.8. The van der Waals surface area contributed by atoms with Gasteiger partial charge in [0, 0.05) is 13.0 Å². The number of amides is 1. The summed E-state index contributed by atoms with van der Waals surface area (Å²) in [5, 5.41) is 10.1. The highest BCUT2D eigenvalue weighted by molar-refractivity contribution is 5.81. The zero-order valence-corrected chi connectivity index (χ0v) is 16.1. The van der Waals surface area contributed by atoms with Crippen LogP contribution in [0.3, 0.4) is 0 Å². The Morgan fingerprint density at radius 1 is 0.897 bits per heavy atom. The zero-order chi connectivity index (χ0) is 20.1. The molecule has 0 bridgehead atoms. The molecule has 1 atom stereocenters. The van der Waals surface area contributed by atoms with Crippen LogP contribution in [0.15, 0.2) is 84.9 Å². The fourth-order valence-electron chi connectivity index (χ4n) is 3.81. The van der Waals surface area contributed by atoms with Crippen molar-refractivity contribution >= 4 is 5.91 Å². The summed E-state index contributed by atoms with van der Waals surface area (Å²) < 4.78 is 5.86. The highest BCUT2D eigenvalue weighted by atomic mass is 16.5. The molecule has 4 rings (SSSR count). The maximum Gasteiger partial charge on any atom is 0.224 e. The van der Waals surface area contributed by atoms with Gasteiger partial charge in [0.2, 0.25) is 5.91 Å². The van der Waals surface area contributed by atoms with Crippen LogP contribution in [0, 0.1) is 11.3 Å². The quantitative estimate of drug-likeness (QED) is 0.615. The van der Waals surface area contributed by atoms with Crippen LogP contribution in [0.1, 0.15) is 29.5 Å². The van der Waals surface area contributed by atoms with E-state index in [1.807, 2.05) is 84.9 Å². The minimum absolute atomic E-state index is 0.0137. The number of rotatable bonds is 6. The van der Waals surface area contributed by atoms with Crippen LogP contribution in [0.4, 0.5) is 0 Å². The lowest BCUT2D eigenvalue weighted by Gasteiger charge is -2.33. The Bertz CT molecular complexity index is 1010. The summed E-state index contributed by atoms with van der Waals surface area (Å²) in [6.45, 7) is 0.918. The van der Waals surface area contributed by atoms with Crippen LogP contribution >= 0.6 is 0 Å². The van der Waals surface area contributed by atoms with Gasteiger partial charge in [-0.3, -0.25) is 4.79 Å². The molecule has 0 unspecified atom stereocenters. The number of hydrogen-bond donors (Lipinski definition) is 0. The van der Waals surface area contributed by atoms with Crippen molar-refractivity contribution in [3.63, 3.8) is 0 Å². The van der Waals surface area contributed by atoms with Crippen LogP contribution in [-0.2, 0) is 23.5 Å². The molecule has 1 aliphatic rings. The number of nitrogens with zero attached hydrogens (tertiary/aromatic N) is 2. The van der Waals surface area contributed by atoms with Crippen molar-refractivity contribution in [2.75, 3.05) is 0 Å². The number of nitriles is 1. The van der Waals surface area contributed by atoms with Crippen LogP contribution in [0.2, 0.25) is 0 Å². The van der Waals surface area contributed by atoms with Gasteiger partial charge in [-0.25, -0.2) is 0 Å². The van der Waals surface area contributed by atoms with Crippen molar-refractivity contribution in [1.29, 1.82) is 5.26 Å². The minimum Gasteiger partial charge on any atom is -0.489 e. The molecule has 0 aliphatic carbocycles. The van der Waals surface area contributed by atoms with Gasteiger partial charge in [0.15, 0.2) is 5.54 Å². The lowest BCUT2D eigenvalue weighted by Crippen LogP contribution is -2.41. The standard InChI is InChI=1S/C25H22N2O2/c26-19-25(16-15-24(28)27(25)17-20-7-3-1-4-8-20)22-11-13-23(14-12-22)29-18-21-9-5-2-6-10-21/h1-14H,15-18H2/t25-/m1/s1. The third-order valence-corrected chi connectivity index (χ3v) is 5.41. The molecule has 1 amide bonds. The first-order chi connectivity index (χ1) is 14.2. The lowest BCUT2D eigenvalue weighted by atomic mass is 9.88. The predicted octanol–water partition coefficient (Wildman–Crippen LogP) is 4.81. The Labute approximate surface area is 171 Å². The average molecular weight is 382 g/mol. The van der Waals surface area contributed by atoms with Crippen molar-refractivity contribution < 1.29 is 9.53 Å². The molecule has 4 heteroatoms. The van der Waals surface area contributed by atoms with E-state index in [1.165, 1.54) is 0 Å². The van der Waals surface area contributed by atoms with E-state index in [1.54, 1.807) is 4.90 Å². The van der Waals surface area contributed by atoms with E-state index in [0.717, 1.165) is 22.4 Å². The smallest absolute Gasteiger partial charge is 0.224 e. The molecular weight excluding hydrogens is 360 g/mol. The molecule has 1 aliphatic heterocycles. The number of carbonyl (C=O) groups excluding carboxylic acids is 1. The largest absolute Gasteiger partial charge is 0.489 e. The molecule has 0 radical (unpaired) electrons. The van der Waals surface area contributed by atoms with Gasteiger partial charge < -0.3 is 9.64 Å². The molecule has 144 valence electrons. The number of carbonyl (C=O) groups is 1. The molecule has 1 saturated heterocycles. The number of likely N-dealkylation sites (tertiary alicyclic amines) is 1. The van der Waals surface area contributed by atoms with Gasteiger partial charge in [-0.05, 0) is 35.2 Å². The minimum atomic E-state index is -0.940. The Morgan fingerprint density at radius 3 is 2.14 bits per heavy atom. The molecule has 3 aromatic carbocycles. The van der Waals surface area contributed by atoms with E-state index in [2.05, 4.69) is 6.07 Å². The molecule has 1 heterocycles. The van der Waals surface area contributed by atoms with E-state index >= 15 is 0 Å². The number of ether oxygens (including phenoxy) is 1. The topological polar surface area (TPSA) is 53.3 Å². The monoisotopic (exact) mass is 382 g/mol. The lowest BCUT2D eigenvalue weighted by molar-refractivity contribution is -0.131. The van der Waals surface area contributed by atoms with Gasteiger partial charge >= 0.3 is 0 Å². The first-order valence-electron chi connectivity index (χ1n) is 9.74. The van der Waals surface area contributed by atoms with E-state index in [0.29, 0.717) is 26.0 Å². The zero-order valence-electron chi connectivity index (χ0n) is 16.1. The Hall–Kier alpha value is -3.58. The third kappa shape index (κ3) is 3.86. The van der Waals surface area contributed by atoms with Gasteiger partial charge in [-0.1, -0.05) is 72.8 Å². The molecule has 29 heavy (non-hydrogen) atoms. The van der Waals surface area contributed by atoms with Crippen molar-refractivity contribution in [2.24, 2.45) is 0 Å².